The van der Waals surface area contributed by atoms with Crippen LogP contribution in [0.2, 0.25) is 0 Å². The summed E-state index contributed by atoms with van der Waals surface area (Å²) in [5.41, 5.74) is -0.844. The average molecular weight is 771 g/mol. The van der Waals surface area contributed by atoms with E-state index in [0.717, 1.165) is 51.4 Å². The summed E-state index contributed by atoms with van der Waals surface area (Å²) < 4.78 is 73.4. The molecule has 2 bridgehead atoms. The van der Waals surface area contributed by atoms with E-state index in [-0.39, 0.29) is 77.8 Å². The minimum Gasteiger partial charge on any atom is -0.461 e. The van der Waals surface area contributed by atoms with Gasteiger partial charge in [0.15, 0.2) is 17.5 Å². The van der Waals surface area contributed by atoms with Crippen LogP contribution in [0.15, 0.2) is 48.7 Å². The first kappa shape index (κ1) is 36.7. The van der Waals surface area contributed by atoms with Crippen LogP contribution in [0.4, 0.5) is 23.4 Å². The third-order valence-electron chi connectivity index (χ3n) is 12.2. The van der Waals surface area contributed by atoms with Gasteiger partial charge in [0.05, 0.1) is 41.7 Å². The summed E-state index contributed by atoms with van der Waals surface area (Å²) >= 11 is 0. The lowest BCUT2D eigenvalue weighted by atomic mass is 9.95. The third-order valence-corrected chi connectivity index (χ3v) is 12.2. The Morgan fingerprint density at radius 3 is 2.70 bits per heavy atom. The molecule has 5 aliphatic heterocycles. The molecule has 9 rings (SSSR count). The molecule has 0 radical (unpaired) electrons. The van der Waals surface area contributed by atoms with Crippen LogP contribution in [0.5, 0.6) is 6.01 Å². The van der Waals surface area contributed by atoms with Crippen molar-refractivity contribution in [2.24, 2.45) is 0 Å². The van der Waals surface area contributed by atoms with Crippen molar-refractivity contribution in [2.45, 2.75) is 68.5 Å². The number of hydrogen-bond donors (Lipinski definition) is 0. The Bertz CT molecular complexity index is 2240. The van der Waals surface area contributed by atoms with Gasteiger partial charge in [-0.1, -0.05) is 30.3 Å². The number of amides is 1. The van der Waals surface area contributed by atoms with Crippen LogP contribution < -0.4 is 9.64 Å². The van der Waals surface area contributed by atoms with Gasteiger partial charge in [0, 0.05) is 75.5 Å². The highest BCUT2D eigenvalue weighted by molar-refractivity contribution is 5.99. The number of fused-ring (bicyclic) bond motifs is 5. The van der Waals surface area contributed by atoms with Crippen LogP contribution in [-0.2, 0) is 9.53 Å². The van der Waals surface area contributed by atoms with Gasteiger partial charge in [0.25, 0.3) is 0 Å². The van der Waals surface area contributed by atoms with Gasteiger partial charge in [0.1, 0.15) is 29.8 Å². The van der Waals surface area contributed by atoms with Crippen molar-refractivity contribution < 1.29 is 31.8 Å². The summed E-state index contributed by atoms with van der Waals surface area (Å²) in [7, 11) is 0. The molecule has 4 aromatic rings. The maximum Gasteiger partial charge on any atom is 0.319 e. The fourth-order valence-electron chi connectivity index (χ4n) is 9.53. The average Bonchev–Trinajstić information content (AvgIpc) is 3.85. The molecular formula is C41H42F4N8O3. The second-order valence-electron chi connectivity index (χ2n) is 15.7. The van der Waals surface area contributed by atoms with E-state index in [1.807, 2.05) is 11.0 Å². The van der Waals surface area contributed by atoms with Gasteiger partial charge >= 0.3 is 6.01 Å². The van der Waals surface area contributed by atoms with E-state index in [1.165, 1.54) is 18.3 Å². The van der Waals surface area contributed by atoms with Crippen molar-refractivity contribution in [3.05, 3.63) is 66.1 Å². The summed E-state index contributed by atoms with van der Waals surface area (Å²) in [5.74, 6) is -2.97. The number of likely N-dealkylation sites (tertiary alicyclic amines) is 1. The summed E-state index contributed by atoms with van der Waals surface area (Å²) in [6.07, 6.45) is 8.50. The van der Waals surface area contributed by atoms with E-state index < -0.39 is 35.2 Å². The number of nitrogens with zero attached hydrogens (tertiary/aromatic N) is 8. The molecule has 292 valence electrons. The Hall–Kier alpha value is -4.91. The van der Waals surface area contributed by atoms with E-state index in [0.29, 0.717) is 37.3 Å². The second kappa shape index (κ2) is 14.9. The van der Waals surface area contributed by atoms with E-state index in [9.17, 15) is 18.8 Å². The van der Waals surface area contributed by atoms with Crippen molar-refractivity contribution in [2.75, 3.05) is 63.9 Å². The van der Waals surface area contributed by atoms with Gasteiger partial charge in [-0.15, -0.1) is 0 Å². The number of benzene rings is 2. The zero-order chi connectivity index (χ0) is 38.6. The minimum atomic E-state index is -1.12. The first-order chi connectivity index (χ1) is 27.2. The van der Waals surface area contributed by atoms with Gasteiger partial charge < -0.3 is 19.3 Å². The van der Waals surface area contributed by atoms with Gasteiger partial charge in [-0.05, 0) is 43.7 Å². The molecule has 5 fully saturated rings. The number of morpholine rings is 1. The lowest BCUT2D eigenvalue weighted by Gasteiger charge is -2.41. The number of carbonyl (C=O) groups is 1. The highest BCUT2D eigenvalue weighted by atomic mass is 19.2. The number of halogens is 4. The monoisotopic (exact) mass is 770 g/mol. The molecule has 0 aliphatic carbocycles. The molecule has 0 spiro atoms. The SMILES string of the molecule is N#CC[C@H]1CN(c2nc(OC[C@@]34CCCN3C[C@H](F)C4)nc3c(F)c(-c4cccc5ccc(F)c(F)c45)ncc23)CCN1C(=O)/C=C/CN1CC2CCC(C1)O2. The lowest BCUT2D eigenvalue weighted by molar-refractivity contribution is -0.128. The minimum absolute atomic E-state index is 0.0530. The maximum atomic E-state index is 16.9. The second-order valence-corrected chi connectivity index (χ2v) is 15.7. The topological polar surface area (TPSA) is 111 Å². The third kappa shape index (κ3) is 6.71. The van der Waals surface area contributed by atoms with Crippen LogP contribution in [0, 0.1) is 28.8 Å². The van der Waals surface area contributed by atoms with Crippen molar-refractivity contribution in [1.82, 2.24) is 29.7 Å². The number of piperazine rings is 1. The van der Waals surface area contributed by atoms with Crippen LogP contribution in [0.1, 0.15) is 38.5 Å². The number of carbonyl (C=O) groups excluding carboxylic acids is 1. The standard InChI is InChI=1S/C41H42F4N8O3/c42-26-18-41(12-3-15-52(41)20-26)24-55-40-48-38-31(19-47-37(36(38)45)30-5-1-4-25-7-10-32(43)35(44)34(25)30)39(49-40)51-16-17-53(27(21-51)11-13-46)33(54)6-2-14-50-22-28-8-9-29(23-50)56-28/h1-2,4-7,10,19,26-29H,3,8-9,11-12,14-18,20-24H2/b6-2+/t26-,27+,28?,29?,41+/m1/s1. The fraction of sp³-hybridized carbons (Fsp3) is 0.488. The Morgan fingerprint density at radius 2 is 1.88 bits per heavy atom. The highest BCUT2D eigenvalue weighted by Gasteiger charge is 2.49. The molecule has 2 aromatic heterocycles. The maximum absolute atomic E-state index is 16.9. The molecule has 2 unspecified atom stereocenters. The number of aromatic nitrogens is 3. The summed E-state index contributed by atoms with van der Waals surface area (Å²) in [6.45, 7) is 4.28. The molecule has 11 nitrogen and oxygen atoms in total. The van der Waals surface area contributed by atoms with E-state index in [2.05, 4.69) is 25.8 Å². The lowest BCUT2D eigenvalue weighted by Crippen LogP contribution is -2.55. The van der Waals surface area contributed by atoms with Crippen molar-refractivity contribution >= 4 is 33.4 Å². The smallest absolute Gasteiger partial charge is 0.319 e. The molecule has 1 amide bonds. The Morgan fingerprint density at radius 1 is 1.04 bits per heavy atom. The molecule has 5 aliphatic rings. The van der Waals surface area contributed by atoms with E-state index in [1.54, 1.807) is 23.1 Å². The molecule has 5 saturated heterocycles. The first-order valence-corrected chi connectivity index (χ1v) is 19.4. The zero-order valence-corrected chi connectivity index (χ0v) is 30.8. The van der Waals surface area contributed by atoms with Gasteiger partial charge in [-0.25, -0.2) is 17.6 Å². The molecule has 7 heterocycles. The van der Waals surface area contributed by atoms with Crippen molar-refractivity contribution in [1.29, 1.82) is 5.26 Å². The molecule has 5 atom stereocenters. The molecular weight excluding hydrogens is 728 g/mol. The Kier molecular flexibility index (Phi) is 9.75. The summed E-state index contributed by atoms with van der Waals surface area (Å²) in [5, 5.41) is 10.3. The number of nitriles is 1. The van der Waals surface area contributed by atoms with E-state index in [4.69, 9.17) is 14.5 Å². The molecule has 0 saturated carbocycles. The number of rotatable bonds is 9. The molecule has 0 N–H and O–H groups in total. The number of alkyl halides is 1. The van der Waals surface area contributed by atoms with Gasteiger partial charge in [0.2, 0.25) is 5.91 Å². The fourth-order valence-corrected chi connectivity index (χ4v) is 9.53. The van der Waals surface area contributed by atoms with E-state index >= 15 is 8.78 Å². The Labute approximate surface area is 321 Å². The highest BCUT2D eigenvalue weighted by Crippen LogP contribution is 2.41. The predicted octanol–water partition coefficient (Wildman–Crippen LogP) is 5.57. The zero-order valence-electron chi connectivity index (χ0n) is 30.8. The van der Waals surface area contributed by atoms with Gasteiger partial charge in [-0.2, -0.15) is 15.2 Å². The van der Waals surface area contributed by atoms with Crippen LogP contribution in [0.25, 0.3) is 32.9 Å². The summed E-state index contributed by atoms with van der Waals surface area (Å²) in [6, 6.07) is 8.72. The first-order valence-electron chi connectivity index (χ1n) is 19.4. The molecule has 2 aromatic carbocycles. The number of anilines is 1. The normalized spacial score (nSPS) is 26.8. The molecule has 56 heavy (non-hydrogen) atoms. The number of ether oxygens (including phenoxy) is 2. The summed E-state index contributed by atoms with van der Waals surface area (Å²) in [4.78, 5) is 35.2. The van der Waals surface area contributed by atoms with Gasteiger partial charge in [-0.3, -0.25) is 19.6 Å². The van der Waals surface area contributed by atoms with Crippen LogP contribution in [0.3, 0.4) is 0 Å². The van der Waals surface area contributed by atoms with Crippen LogP contribution >= 0.6 is 0 Å². The largest absolute Gasteiger partial charge is 0.461 e. The number of pyridine rings is 1. The molecule has 15 heteroatoms. The quantitative estimate of drug-likeness (QED) is 0.158. The van der Waals surface area contributed by atoms with Crippen molar-refractivity contribution in [3.8, 4) is 23.3 Å². The number of hydrogen-bond acceptors (Lipinski definition) is 10. The Balaban J connectivity index is 1.04. The predicted molar refractivity (Wildman–Crippen MR) is 200 cm³/mol. The van der Waals surface area contributed by atoms with Crippen molar-refractivity contribution in [3.63, 3.8) is 0 Å². The van der Waals surface area contributed by atoms with Crippen LogP contribution in [-0.4, -0.2) is 124 Å².